The van der Waals surface area contributed by atoms with E-state index in [4.69, 9.17) is 9.62 Å². The van der Waals surface area contributed by atoms with E-state index in [2.05, 4.69) is 12.2 Å². The van der Waals surface area contributed by atoms with Gasteiger partial charge in [-0.05, 0) is 42.7 Å². The van der Waals surface area contributed by atoms with E-state index >= 15 is 0 Å². The SMILES string of the molecule is CCCCCCCCCc1ccc(C(=O)Nc2cccc3c(=O)cc(C(=O)NO)oc23)cc1. The number of hydrogen-bond acceptors (Lipinski definition) is 5. The van der Waals surface area contributed by atoms with Gasteiger partial charge < -0.3 is 9.73 Å². The zero-order valence-electron chi connectivity index (χ0n) is 18.9. The molecule has 3 rings (SSSR count). The minimum atomic E-state index is -0.952. The monoisotopic (exact) mass is 450 g/mol. The number of para-hydroxylation sites is 1. The van der Waals surface area contributed by atoms with Gasteiger partial charge in [0.2, 0.25) is 0 Å². The third-order valence-electron chi connectivity index (χ3n) is 5.61. The number of benzene rings is 2. The second-order valence-corrected chi connectivity index (χ2v) is 8.12. The summed E-state index contributed by atoms with van der Waals surface area (Å²) in [5.74, 6) is -1.66. The Labute approximate surface area is 192 Å². The molecule has 0 aliphatic carbocycles. The highest BCUT2D eigenvalue weighted by atomic mass is 16.5. The lowest BCUT2D eigenvalue weighted by Crippen LogP contribution is -2.20. The number of hydroxylamine groups is 1. The van der Waals surface area contributed by atoms with Crippen LogP contribution in [0.4, 0.5) is 5.69 Å². The van der Waals surface area contributed by atoms with Crippen LogP contribution in [0.1, 0.15) is 78.3 Å². The number of carbonyl (C=O) groups excluding carboxylic acids is 2. The molecule has 7 heteroatoms. The molecule has 0 bridgehead atoms. The predicted molar refractivity (Wildman–Crippen MR) is 128 cm³/mol. The average Bonchev–Trinajstić information content (AvgIpc) is 2.83. The first-order chi connectivity index (χ1) is 16.0. The van der Waals surface area contributed by atoms with Crippen LogP contribution < -0.4 is 16.2 Å². The summed E-state index contributed by atoms with van der Waals surface area (Å²) < 4.78 is 5.48. The second kappa shape index (κ2) is 12.0. The van der Waals surface area contributed by atoms with Crippen LogP contribution in [0, 0.1) is 0 Å². The van der Waals surface area contributed by atoms with Gasteiger partial charge in [-0.2, -0.15) is 0 Å². The van der Waals surface area contributed by atoms with Gasteiger partial charge in [0.15, 0.2) is 16.8 Å². The molecule has 0 saturated heterocycles. The molecule has 0 unspecified atom stereocenters. The summed E-state index contributed by atoms with van der Waals surface area (Å²) >= 11 is 0. The number of fused-ring (bicyclic) bond motifs is 1. The number of anilines is 1. The Hall–Kier alpha value is -3.45. The van der Waals surface area contributed by atoms with Gasteiger partial charge in [0, 0.05) is 11.6 Å². The molecule has 0 spiro atoms. The van der Waals surface area contributed by atoms with Crippen molar-refractivity contribution in [2.75, 3.05) is 5.32 Å². The molecule has 1 heterocycles. The highest BCUT2D eigenvalue weighted by Gasteiger charge is 2.15. The molecule has 0 atom stereocenters. The van der Waals surface area contributed by atoms with Crippen LogP contribution >= 0.6 is 0 Å². The maximum atomic E-state index is 12.8. The molecule has 3 N–H and O–H groups in total. The Morgan fingerprint density at radius 2 is 1.61 bits per heavy atom. The van der Waals surface area contributed by atoms with Gasteiger partial charge in [-0.15, -0.1) is 0 Å². The van der Waals surface area contributed by atoms with E-state index in [1.807, 2.05) is 12.1 Å². The number of rotatable bonds is 11. The van der Waals surface area contributed by atoms with E-state index in [1.165, 1.54) is 55.6 Å². The Balaban J connectivity index is 1.65. The Bertz CT molecular complexity index is 1150. The van der Waals surface area contributed by atoms with Crippen molar-refractivity contribution >= 4 is 28.5 Å². The van der Waals surface area contributed by atoms with E-state index in [-0.39, 0.29) is 28.3 Å². The summed E-state index contributed by atoms with van der Waals surface area (Å²) in [5, 5.41) is 11.8. The van der Waals surface area contributed by atoms with Crippen LogP contribution in [-0.4, -0.2) is 17.0 Å². The number of amides is 2. The number of aryl methyl sites for hydroxylation is 1. The zero-order valence-corrected chi connectivity index (χ0v) is 18.9. The number of unbranched alkanes of at least 4 members (excludes halogenated alkanes) is 6. The third kappa shape index (κ3) is 6.52. The summed E-state index contributed by atoms with van der Waals surface area (Å²) in [6.45, 7) is 2.22. The summed E-state index contributed by atoms with van der Waals surface area (Å²) in [6, 6.07) is 13.2. The van der Waals surface area contributed by atoms with Gasteiger partial charge in [-0.3, -0.25) is 19.6 Å². The van der Waals surface area contributed by atoms with Gasteiger partial charge >= 0.3 is 5.91 Å². The first-order valence-electron chi connectivity index (χ1n) is 11.4. The zero-order chi connectivity index (χ0) is 23.6. The third-order valence-corrected chi connectivity index (χ3v) is 5.61. The van der Waals surface area contributed by atoms with Gasteiger partial charge in [-0.1, -0.05) is 63.6 Å². The lowest BCUT2D eigenvalue weighted by Gasteiger charge is -2.09. The smallest absolute Gasteiger partial charge is 0.310 e. The molecule has 0 radical (unpaired) electrons. The lowest BCUT2D eigenvalue weighted by molar-refractivity contribution is 0.0676. The molecule has 174 valence electrons. The molecule has 2 aromatic carbocycles. The largest absolute Gasteiger partial charge is 0.448 e. The summed E-state index contributed by atoms with van der Waals surface area (Å²) in [6.07, 6.45) is 9.79. The summed E-state index contributed by atoms with van der Waals surface area (Å²) in [7, 11) is 0. The normalized spacial score (nSPS) is 10.8. The van der Waals surface area contributed by atoms with Crippen LogP contribution in [0.3, 0.4) is 0 Å². The molecule has 3 aromatic rings. The highest BCUT2D eigenvalue weighted by molar-refractivity contribution is 6.08. The van der Waals surface area contributed by atoms with Crippen molar-refractivity contribution < 1.29 is 19.2 Å². The Morgan fingerprint density at radius 3 is 2.30 bits per heavy atom. The average molecular weight is 451 g/mol. The second-order valence-electron chi connectivity index (χ2n) is 8.12. The first-order valence-corrected chi connectivity index (χ1v) is 11.4. The molecule has 33 heavy (non-hydrogen) atoms. The Kier molecular flexibility index (Phi) is 8.78. The molecule has 0 aliphatic rings. The van der Waals surface area contributed by atoms with Gasteiger partial charge in [-0.25, -0.2) is 5.48 Å². The summed E-state index contributed by atoms with van der Waals surface area (Å²) in [5.41, 5.74) is 2.96. The van der Waals surface area contributed by atoms with Crippen molar-refractivity contribution in [3.05, 3.63) is 75.6 Å². The fraction of sp³-hybridized carbons (Fsp3) is 0.346. The van der Waals surface area contributed by atoms with Crippen molar-refractivity contribution in [2.45, 2.75) is 58.3 Å². The predicted octanol–water partition coefficient (Wildman–Crippen LogP) is 5.46. The molecule has 0 aliphatic heterocycles. The highest BCUT2D eigenvalue weighted by Crippen LogP contribution is 2.23. The van der Waals surface area contributed by atoms with E-state index < -0.39 is 11.3 Å². The molecular weight excluding hydrogens is 420 g/mol. The van der Waals surface area contributed by atoms with Gasteiger partial charge in [0.25, 0.3) is 5.91 Å². The van der Waals surface area contributed by atoms with Gasteiger partial charge in [0.05, 0.1) is 11.1 Å². The van der Waals surface area contributed by atoms with Crippen molar-refractivity contribution in [1.29, 1.82) is 0 Å². The molecule has 0 fully saturated rings. The lowest BCUT2D eigenvalue weighted by atomic mass is 10.0. The van der Waals surface area contributed by atoms with E-state index in [0.717, 1.165) is 18.9 Å². The van der Waals surface area contributed by atoms with Crippen molar-refractivity contribution in [1.82, 2.24) is 5.48 Å². The molecule has 0 saturated carbocycles. The van der Waals surface area contributed by atoms with Gasteiger partial charge in [0.1, 0.15) is 0 Å². The maximum absolute atomic E-state index is 12.8. The molecule has 2 amide bonds. The van der Waals surface area contributed by atoms with Crippen molar-refractivity contribution in [3.8, 4) is 0 Å². The maximum Gasteiger partial charge on any atom is 0.310 e. The summed E-state index contributed by atoms with van der Waals surface area (Å²) in [4.78, 5) is 36.7. The Morgan fingerprint density at radius 1 is 0.909 bits per heavy atom. The number of carbonyl (C=O) groups is 2. The van der Waals surface area contributed by atoms with E-state index in [0.29, 0.717) is 5.56 Å². The first kappa shape index (κ1) is 24.2. The van der Waals surface area contributed by atoms with Crippen LogP contribution in [-0.2, 0) is 6.42 Å². The standard InChI is InChI=1S/C26H30N2O5/c1-2-3-4-5-6-7-8-10-18-13-15-19(16-14-18)25(30)27-21-12-9-11-20-22(29)17-23(26(31)28-32)33-24(20)21/h9,11-17,32H,2-8,10H2,1H3,(H,27,30)(H,28,31). The quantitative estimate of drug-likeness (QED) is 0.204. The topological polar surface area (TPSA) is 109 Å². The van der Waals surface area contributed by atoms with E-state index in [9.17, 15) is 14.4 Å². The minimum absolute atomic E-state index is 0.0625. The number of hydrogen-bond donors (Lipinski definition) is 3. The molecule has 7 nitrogen and oxygen atoms in total. The van der Waals surface area contributed by atoms with E-state index in [1.54, 1.807) is 24.3 Å². The number of nitrogens with one attached hydrogen (secondary N) is 2. The van der Waals surface area contributed by atoms with Crippen LogP contribution in [0.2, 0.25) is 0 Å². The fourth-order valence-electron chi connectivity index (χ4n) is 3.75. The molecule has 1 aromatic heterocycles. The van der Waals surface area contributed by atoms with Crippen LogP contribution in [0.15, 0.2) is 57.7 Å². The fourth-order valence-corrected chi connectivity index (χ4v) is 3.75. The van der Waals surface area contributed by atoms with Crippen LogP contribution in [0.5, 0.6) is 0 Å². The van der Waals surface area contributed by atoms with Crippen molar-refractivity contribution in [3.63, 3.8) is 0 Å². The van der Waals surface area contributed by atoms with Crippen LogP contribution in [0.25, 0.3) is 11.0 Å². The van der Waals surface area contributed by atoms with Crippen molar-refractivity contribution in [2.24, 2.45) is 0 Å². The molecular formula is C26H30N2O5. The minimum Gasteiger partial charge on any atom is -0.448 e.